The molecule has 102 valence electrons. The third-order valence-corrected chi connectivity index (χ3v) is 2.68. The molecule has 0 aliphatic rings. The predicted octanol–water partition coefficient (Wildman–Crippen LogP) is 4.23. The minimum atomic E-state index is -5.74. The normalized spacial score (nSPS) is 15.7. The van der Waals surface area contributed by atoms with Crippen LogP contribution in [0.15, 0.2) is 36.4 Å². The van der Waals surface area contributed by atoms with E-state index in [0.29, 0.717) is 11.5 Å². The van der Waals surface area contributed by atoms with Crippen molar-refractivity contribution in [1.82, 2.24) is 4.98 Å². The van der Waals surface area contributed by atoms with Crippen LogP contribution in [0.5, 0.6) is 0 Å². The first-order valence-electron chi connectivity index (χ1n) is 5.17. The van der Waals surface area contributed by atoms with Crippen molar-refractivity contribution in [3.63, 3.8) is 0 Å². The molecule has 1 nitrogen and oxygen atoms in total. The molecule has 0 N–H and O–H groups in total. The molecule has 0 amide bonds. The highest BCUT2D eigenvalue weighted by Crippen LogP contribution is 2.46. The van der Waals surface area contributed by atoms with Crippen molar-refractivity contribution in [2.75, 3.05) is 0 Å². The van der Waals surface area contributed by atoms with Gasteiger partial charge in [-0.2, -0.15) is 13.2 Å². The number of nitrogens with zero attached hydrogens (tertiary/aromatic N) is 1. The average Bonchev–Trinajstić information content (AvgIpc) is 2.35. The second-order valence-electron chi connectivity index (χ2n) is 3.90. The lowest BCUT2D eigenvalue weighted by molar-refractivity contribution is -0.275. The van der Waals surface area contributed by atoms with Gasteiger partial charge in [-0.25, -0.2) is 18.2 Å². The minimum absolute atomic E-state index is 0.0203. The molecule has 0 spiro atoms. The Labute approximate surface area is 103 Å². The van der Waals surface area contributed by atoms with Gasteiger partial charge in [0.25, 0.3) is 6.43 Å². The van der Waals surface area contributed by atoms with E-state index < -0.39 is 24.0 Å². The van der Waals surface area contributed by atoms with E-state index in [2.05, 4.69) is 4.98 Å². The zero-order valence-corrected chi connectivity index (χ0v) is 9.26. The van der Waals surface area contributed by atoms with Crippen LogP contribution in [0, 0.1) is 0 Å². The van der Waals surface area contributed by atoms with Crippen molar-refractivity contribution in [3.05, 3.63) is 42.1 Å². The fourth-order valence-corrected chi connectivity index (χ4v) is 1.65. The summed E-state index contributed by atoms with van der Waals surface area (Å²) in [4.78, 5) is 3.36. The monoisotopic (exact) mass is 279 g/mol. The van der Waals surface area contributed by atoms with E-state index in [-0.39, 0.29) is 5.52 Å². The summed E-state index contributed by atoms with van der Waals surface area (Å²) >= 11 is 0. The van der Waals surface area contributed by atoms with Gasteiger partial charge in [0.05, 0.1) is 11.2 Å². The van der Waals surface area contributed by atoms with Crippen molar-refractivity contribution in [2.24, 2.45) is 0 Å². The molecule has 2 aromatic rings. The highest BCUT2D eigenvalue weighted by molar-refractivity contribution is 5.78. The highest BCUT2D eigenvalue weighted by atomic mass is 19.4. The topological polar surface area (TPSA) is 12.9 Å². The van der Waals surface area contributed by atoms with Crippen molar-refractivity contribution in [2.45, 2.75) is 18.3 Å². The third-order valence-electron chi connectivity index (χ3n) is 2.68. The standard InChI is InChI=1S/C12H7F6N/c13-10(14)11(15,12(16,17)18)9-6-5-7-3-1-2-4-8(7)19-9/h1-6,10H. The quantitative estimate of drug-likeness (QED) is 0.750. The summed E-state index contributed by atoms with van der Waals surface area (Å²) < 4.78 is 76.4. The number of para-hydroxylation sites is 1. The Hall–Kier alpha value is -1.79. The van der Waals surface area contributed by atoms with Gasteiger partial charge in [-0.15, -0.1) is 0 Å². The maximum atomic E-state index is 13.7. The maximum absolute atomic E-state index is 13.7. The van der Waals surface area contributed by atoms with Crippen molar-refractivity contribution in [1.29, 1.82) is 0 Å². The fourth-order valence-electron chi connectivity index (χ4n) is 1.65. The Bertz CT molecular complexity index is 594. The second-order valence-corrected chi connectivity index (χ2v) is 3.90. The van der Waals surface area contributed by atoms with Crippen molar-refractivity contribution >= 4 is 10.9 Å². The van der Waals surface area contributed by atoms with Gasteiger partial charge in [-0.05, 0) is 12.1 Å². The van der Waals surface area contributed by atoms with Gasteiger partial charge in [0.1, 0.15) is 0 Å². The van der Waals surface area contributed by atoms with Crippen LogP contribution in [0.2, 0.25) is 0 Å². The Morgan fingerprint density at radius 1 is 0.895 bits per heavy atom. The highest BCUT2D eigenvalue weighted by Gasteiger charge is 2.65. The summed E-state index contributed by atoms with van der Waals surface area (Å²) in [6.45, 7) is 0. The molecule has 19 heavy (non-hydrogen) atoms. The molecule has 0 bridgehead atoms. The van der Waals surface area contributed by atoms with E-state index in [1.165, 1.54) is 18.2 Å². The van der Waals surface area contributed by atoms with Crippen LogP contribution in [-0.2, 0) is 5.67 Å². The average molecular weight is 279 g/mol. The van der Waals surface area contributed by atoms with E-state index in [4.69, 9.17) is 0 Å². The smallest absolute Gasteiger partial charge is 0.249 e. The molecule has 0 saturated heterocycles. The zero-order valence-electron chi connectivity index (χ0n) is 9.26. The Balaban J connectivity index is 2.64. The molecule has 1 atom stereocenters. The first kappa shape index (κ1) is 13.6. The van der Waals surface area contributed by atoms with Crippen LogP contribution in [-0.4, -0.2) is 17.6 Å². The largest absolute Gasteiger partial charge is 0.434 e. The van der Waals surface area contributed by atoms with Gasteiger partial charge in [0, 0.05) is 5.39 Å². The van der Waals surface area contributed by atoms with Gasteiger partial charge in [0.2, 0.25) is 0 Å². The summed E-state index contributed by atoms with van der Waals surface area (Å²) in [7, 11) is 0. The van der Waals surface area contributed by atoms with E-state index >= 15 is 0 Å². The van der Waals surface area contributed by atoms with Gasteiger partial charge < -0.3 is 0 Å². The molecule has 1 unspecified atom stereocenters. The molecule has 1 aromatic heterocycles. The summed E-state index contributed by atoms with van der Waals surface area (Å²) in [5.41, 5.74) is -6.09. The molecule has 0 saturated carbocycles. The Kier molecular flexibility index (Phi) is 3.15. The number of aromatic nitrogens is 1. The Morgan fingerprint density at radius 2 is 1.53 bits per heavy atom. The van der Waals surface area contributed by atoms with E-state index in [1.807, 2.05) is 0 Å². The van der Waals surface area contributed by atoms with Gasteiger partial charge in [0.15, 0.2) is 0 Å². The fraction of sp³-hybridized carbons (Fsp3) is 0.250. The molecule has 0 radical (unpaired) electrons. The first-order valence-corrected chi connectivity index (χ1v) is 5.17. The molecule has 1 aromatic carbocycles. The number of rotatable bonds is 2. The van der Waals surface area contributed by atoms with Crippen LogP contribution >= 0.6 is 0 Å². The summed E-state index contributed by atoms with van der Waals surface area (Å²) in [6, 6.07) is 7.67. The number of alkyl halides is 6. The van der Waals surface area contributed by atoms with Crippen molar-refractivity contribution < 1.29 is 26.3 Å². The summed E-state index contributed by atoms with van der Waals surface area (Å²) in [5.74, 6) is 0. The second kappa shape index (κ2) is 4.40. The van der Waals surface area contributed by atoms with Crippen LogP contribution in [0.25, 0.3) is 10.9 Å². The van der Waals surface area contributed by atoms with Crippen LogP contribution in [0.1, 0.15) is 5.69 Å². The zero-order chi connectivity index (χ0) is 14.3. The third kappa shape index (κ3) is 2.13. The molecule has 0 aliphatic heterocycles. The lowest BCUT2D eigenvalue weighted by Crippen LogP contribution is -2.45. The molecule has 0 fully saturated rings. The molecule has 1 heterocycles. The molecule has 2 rings (SSSR count). The van der Waals surface area contributed by atoms with Gasteiger partial charge in [-0.3, -0.25) is 0 Å². The lowest BCUT2D eigenvalue weighted by atomic mass is 10.00. The molecule has 7 heteroatoms. The predicted molar refractivity (Wildman–Crippen MR) is 56.6 cm³/mol. The molecular weight excluding hydrogens is 272 g/mol. The SMILES string of the molecule is FC(F)C(F)(c1ccc2ccccc2n1)C(F)(F)F. The number of pyridine rings is 1. The number of benzene rings is 1. The Morgan fingerprint density at radius 3 is 2.11 bits per heavy atom. The number of hydrogen-bond donors (Lipinski definition) is 0. The number of fused-ring (bicyclic) bond motifs is 1. The summed E-state index contributed by atoms with van der Waals surface area (Å²) in [6.07, 6.45) is -9.99. The minimum Gasteiger partial charge on any atom is -0.249 e. The van der Waals surface area contributed by atoms with Crippen LogP contribution in [0.3, 0.4) is 0 Å². The van der Waals surface area contributed by atoms with Gasteiger partial charge >= 0.3 is 11.8 Å². The van der Waals surface area contributed by atoms with E-state index in [9.17, 15) is 26.3 Å². The molecule has 0 aliphatic carbocycles. The maximum Gasteiger partial charge on any atom is 0.434 e. The first-order chi connectivity index (χ1) is 8.76. The van der Waals surface area contributed by atoms with Crippen LogP contribution < -0.4 is 0 Å². The van der Waals surface area contributed by atoms with Crippen LogP contribution in [0.4, 0.5) is 26.3 Å². The number of hydrogen-bond acceptors (Lipinski definition) is 1. The van der Waals surface area contributed by atoms with Gasteiger partial charge in [-0.1, -0.05) is 24.3 Å². The molecular formula is C12H7F6N. The summed E-state index contributed by atoms with van der Waals surface area (Å²) in [5, 5.41) is 0.435. The van der Waals surface area contributed by atoms with E-state index in [1.54, 1.807) is 6.07 Å². The lowest BCUT2D eigenvalue weighted by Gasteiger charge is -2.26. The van der Waals surface area contributed by atoms with Crippen molar-refractivity contribution in [3.8, 4) is 0 Å². The number of halogens is 6. The van der Waals surface area contributed by atoms with E-state index in [0.717, 1.165) is 6.07 Å².